The fourth-order valence-corrected chi connectivity index (χ4v) is 1.69. The molecule has 5 nitrogen and oxygen atoms in total. The minimum atomic E-state index is -0.883. The van der Waals surface area contributed by atoms with Crippen LogP contribution < -0.4 is 0 Å². The molecule has 5 heteroatoms. The molecule has 16 heavy (non-hydrogen) atoms. The van der Waals surface area contributed by atoms with E-state index in [1.165, 1.54) is 0 Å². The van der Waals surface area contributed by atoms with Gasteiger partial charge in [-0.3, -0.25) is 4.90 Å². The van der Waals surface area contributed by atoms with Crippen molar-refractivity contribution in [1.29, 1.82) is 0 Å². The molecule has 0 aromatic heterocycles. The molecule has 2 unspecified atom stereocenters. The molecule has 0 amide bonds. The third kappa shape index (κ3) is 3.17. The maximum absolute atomic E-state index is 10.7. The van der Waals surface area contributed by atoms with Crippen molar-refractivity contribution in [3.8, 4) is 0 Å². The quantitative estimate of drug-likeness (QED) is 0.713. The summed E-state index contributed by atoms with van der Waals surface area (Å²) >= 11 is 0. The van der Waals surface area contributed by atoms with Crippen LogP contribution in [0.3, 0.4) is 0 Å². The van der Waals surface area contributed by atoms with Crippen LogP contribution in [0.1, 0.15) is 26.7 Å². The molecule has 0 bridgehead atoms. The van der Waals surface area contributed by atoms with Gasteiger partial charge < -0.3 is 14.9 Å². The first-order chi connectivity index (χ1) is 7.36. The fourth-order valence-electron chi connectivity index (χ4n) is 1.69. The van der Waals surface area contributed by atoms with E-state index >= 15 is 0 Å². The number of hydrogen-bond acceptors (Lipinski definition) is 4. The zero-order valence-corrected chi connectivity index (χ0v) is 10.1. The Morgan fingerprint density at radius 3 is 2.56 bits per heavy atom. The Kier molecular flexibility index (Phi) is 4.29. The molecule has 1 rings (SSSR count). The maximum atomic E-state index is 10.7. The second-order valence-electron chi connectivity index (χ2n) is 5.01. The van der Waals surface area contributed by atoms with Crippen LogP contribution in [-0.2, 0) is 9.53 Å². The number of hydrogen-bond donors (Lipinski definition) is 2. The van der Waals surface area contributed by atoms with Gasteiger partial charge in [0.15, 0.2) is 6.10 Å². The van der Waals surface area contributed by atoms with Crippen molar-refractivity contribution in [2.45, 2.75) is 44.4 Å². The minimum Gasteiger partial charge on any atom is -0.479 e. The average Bonchev–Trinajstić information content (AvgIpc) is 2.66. The van der Waals surface area contributed by atoms with Crippen LogP contribution in [0.4, 0.5) is 0 Å². The van der Waals surface area contributed by atoms with E-state index in [4.69, 9.17) is 9.84 Å². The monoisotopic (exact) mass is 231 g/mol. The van der Waals surface area contributed by atoms with Gasteiger partial charge in [-0.05, 0) is 33.7 Å². The van der Waals surface area contributed by atoms with Crippen LogP contribution >= 0.6 is 0 Å². The largest absolute Gasteiger partial charge is 0.479 e. The summed E-state index contributed by atoms with van der Waals surface area (Å²) in [6.07, 6.45) is 0.642. The summed E-state index contributed by atoms with van der Waals surface area (Å²) < 4.78 is 5.41. The predicted octanol–water partition coefficient (Wildman–Crippen LogP) is 0.321. The molecule has 0 spiro atoms. The van der Waals surface area contributed by atoms with Gasteiger partial charge in [-0.15, -0.1) is 0 Å². The molecule has 2 atom stereocenters. The van der Waals surface area contributed by atoms with Gasteiger partial charge in [0, 0.05) is 12.1 Å². The Balaban J connectivity index is 2.42. The lowest BCUT2D eigenvalue weighted by molar-refractivity contribution is -0.150. The summed E-state index contributed by atoms with van der Waals surface area (Å²) in [5, 5.41) is 18.0. The van der Waals surface area contributed by atoms with Gasteiger partial charge in [-0.25, -0.2) is 4.79 Å². The lowest BCUT2D eigenvalue weighted by Crippen LogP contribution is -2.47. The molecule has 1 aliphatic rings. The summed E-state index contributed by atoms with van der Waals surface area (Å²) in [7, 11) is 1.91. The fraction of sp³-hybridized carbons (Fsp3) is 0.909. The summed E-state index contributed by atoms with van der Waals surface area (Å²) in [5.74, 6) is -0.883. The van der Waals surface area contributed by atoms with Crippen LogP contribution in [0.25, 0.3) is 0 Å². The SMILES string of the molecule is CN(CC1CCC(C(=O)O)O1)C(C)(C)CO. The van der Waals surface area contributed by atoms with E-state index in [0.717, 1.165) is 6.42 Å². The lowest BCUT2D eigenvalue weighted by Gasteiger charge is -2.35. The Morgan fingerprint density at radius 1 is 1.50 bits per heavy atom. The van der Waals surface area contributed by atoms with Crippen LogP contribution in [0, 0.1) is 0 Å². The Hall–Kier alpha value is -0.650. The highest BCUT2D eigenvalue weighted by molar-refractivity contribution is 5.72. The second kappa shape index (κ2) is 5.12. The molecule has 0 aromatic carbocycles. The van der Waals surface area contributed by atoms with Gasteiger partial charge in [0.05, 0.1) is 12.7 Å². The van der Waals surface area contributed by atoms with E-state index < -0.39 is 12.1 Å². The third-order valence-corrected chi connectivity index (χ3v) is 3.28. The van der Waals surface area contributed by atoms with Crippen molar-refractivity contribution in [1.82, 2.24) is 4.90 Å². The van der Waals surface area contributed by atoms with Gasteiger partial charge in [0.2, 0.25) is 0 Å². The van der Waals surface area contributed by atoms with Crippen molar-refractivity contribution in [3.63, 3.8) is 0 Å². The summed E-state index contributed by atoms with van der Waals surface area (Å²) in [6.45, 7) is 4.60. The molecule has 0 aliphatic carbocycles. The standard InChI is InChI=1S/C11H21NO4/c1-11(2,7-13)12(3)6-8-4-5-9(16-8)10(14)15/h8-9,13H,4-7H2,1-3H3,(H,14,15). The van der Waals surface area contributed by atoms with E-state index in [2.05, 4.69) is 0 Å². The van der Waals surface area contributed by atoms with Crippen LogP contribution in [0.5, 0.6) is 0 Å². The van der Waals surface area contributed by atoms with Crippen LogP contribution in [0.2, 0.25) is 0 Å². The lowest BCUT2D eigenvalue weighted by atomic mass is 10.0. The zero-order chi connectivity index (χ0) is 12.3. The number of rotatable bonds is 5. The Bertz CT molecular complexity index is 254. The van der Waals surface area contributed by atoms with Crippen molar-refractivity contribution in [3.05, 3.63) is 0 Å². The molecule has 1 fully saturated rings. The molecular formula is C11H21NO4. The highest BCUT2D eigenvalue weighted by Crippen LogP contribution is 2.22. The number of carboxylic acids is 1. The second-order valence-corrected chi connectivity index (χ2v) is 5.01. The molecule has 94 valence electrons. The van der Waals surface area contributed by atoms with Gasteiger partial charge in [-0.2, -0.15) is 0 Å². The first kappa shape index (κ1) is 13.4. The minimum absolute atomic E-state index is 0.0445. The topological polar surface area (TPSA) is 70.0 Å². The predicted molar refractivity (Wildman–Crippen MR) is 59.3 cm³/mol. The van der Waals surface area contributed by atoms with Crippen LogP contribution in [-0.4, -0.2) is 59.0 Å². The van der Waals surface area contributed by atoms with Gasteiger partial charge in [-0.1, -0.05) is 0 Å². The molecule has 0 saturated carbocycles. The van der Waals surface area contributed by atoms with Crippen molar-refractivity contribution in [2.24, 2.45) is 0 Å². The molecule has 0 aromatic rings. The normalized spacial score (nSPS) is 26.3. The first-order valence-electron chi connectivity index (χ1n) is 5.57. The van der Waals surface area contributed by atoms with Gasteiger partial charge in [0.1, 0.15) is 0 Å². The number of carboxylic acid groups (broad SMARTS) is 1. The van der Waals surface area contributed by atoms with Crippen LogP contribution in [0.15, 0.2) is 0 Å². The van der Waals surface area contributed by atoms with E-state index in [0.29, 0.717) is 13.0 Å². The first-order valence-corrected chi connectivity index (χ1v) is 5.57. The number of ether oxygens (including phenoxy) is 1. The molecule has 2 N–H and O–H groups in total. The molecule has 0 radical (unpaired) electrons. The number of aliphatic hydroxyl groups excluding tert-OH is 1. The van der Waals surface area contributed by atoms with Gasteiger partial charge in [0.25, 0.3) is 0 Å². The Morgan fingerprint density at radius 2 is 2.12 bits per heavy atom. The van der Waals surface area contributed by atoms with Gasteiger partial charge >= 0.3 is 5.97 Å². The smallest absolute Gasteiger partial charge is 0.332 e. The summed E-state index contributed by atoms with van der Waals surface area (Å²) in [6, 6.07) is 0. The van der Waals surface area contributed by atoms with E-state index in [1.807, 2.05) is 25.8 Å². The zero-order valence-electron chi connectivity index (χ0n) is 10.1. The number of carbonyl (C=O) groups is 1. The molecular weight excluding hydrogens is 210 g/mol. The summed E-state index contributed by atoms with van der Waals surface area (Å²) in [5.41, 5.74) is -0.301. The number of aliphatic hydroxyl groups is 1. The third-order valence-electron chi connectivity index (χ3n) is 3.28. The van der Waals surface area contributed by atoms with Crippen molar-refractivity contribution < 1.29 is 19.7 Å². The number of nitrogens with zero attached hydrogens (tertiary/aromatic N) is 1. The molecule has 1 heterocycles. The van der Waals surface area contributed by atoms with Crippen molar-refractivity contribution >= 4 is 5.97 Å². The number of likely N-dealkylation sites (N-methyl/N-ethyl adjacent to an activating group) is 1. The van der Waals surface area contributed by atoms with E-state index in [9.17, 15) is 9.90 Å². The average molecular weight is 231 g/mol. The van der Waals surface area contributed by atoms with E-state index in [1.54, 1.807) is 0 Å². The maximum Gasteiger partial charge on any atom is 0.332 e. The van der Waals surface area contributed by atoms with E-state index in [-0.39, 0.29) is 18.2 Å². The molecule has 1 aliphatic heterocycles. The summed E-state index contributed by atoms with van der Waals surface area (Å²) in [4.78, 5) is 12.7. The van der Waals surface area contributed by atoms with Crippen molar-refractivity contribution in [2.75, 3.05) is 20.2 Å². The molecule has 1 saturated heterocycles. The highest BCUT2D eigenvalue weighted by Gasteiger charge is 2.33. The number of aliphatic carboxylic acids is 1. The Labute approximate surface area is 96.0 Å². The highest BCUT2D eigenvalue weighted by atomic mass is 16.5.